The molecule has 1 N–H and O–H groups in total. The van der Waals surface area contributed by atoms with Crippen LogP contribution < -0.4 is 16.6 Å². The van der Waals surface area contributed by atoms with Gasteiger partial charge < -0.3 is 9.73 Å². The van der Waals surface area contributed by atoms with Gasteiger partial charge in [-0.05, 0) is 41.8 Å². The number of benzene rings is 1. The molecule has 0 bridgehead atoms. The van der Waals surface area contributed by atoms with Gasteiger partial charge >= 0.3 is 5.69 Å². The van der Waals surface area contributed by atoms with Gasteiger partial charge in [-0.15, -0.1) is 11.3 Å². The smallest absolute Gasteiger partial charge is 0.332 e. The SMILES string of the molecule is O=C(Cn1c(=O)n(Cc2cccs2)c(=O)c2cc(Cl)ccc21)NCc1ccco1. The number of carbonyl (C=O) groups excluding carboxylic acids is 1. The maximum Gasteiger partial charge on any atom is 0.332 e. The standard InChI is InChI=1S/C20H16ClN3O4S/c21-13-5-6-17-16(9-13)19(26)24(11-15-4-2-8-29-15)20(27)23(17)12-18(25)22-10-14-3-1-7-28-14/h1-9H,10-12H2,(H,22,25). The van der Waals surface area contributed by atoms with E-state index in [1.165, 1.54) is 28.2 Å². The van der Waals surface area contributed by atoms with E-state index in [4.69, 9.17) is 16.0 Å². The first kappa shape index (κ1) is 19.2. The summed E-state index contributed by atoms with van der Waals surface area (Å²) in [4.78, 5) is 39.3. The molecule has 0 atom stereocenters. The molecule has 9 heteroatoms. The zero-order valence-electron chi connectivity index (χ0n) is 15.1. The van der Waals surface area contributed by atoms with Crippen molar-refractivity contribution >= 4 is 39.7 Å². The summed E-state index contributed by atoms with van der Waals surface area (Å²) in [5.74, 6) is 0.228. The lowest BCUT2D eigenvalue weighted by molar-refractivity contribution is -0.121. The number of thiophene rings is 1. The maximum atomic E-state index is 13.1. The Bertz CT molecular complexity index is 1270. The third-order valence-corrected chi connectivity index (χ3v) is 5.52. The van der Waals surface area contributed by atoms with Crippen LogP contribution in [0, 0.1) is 0 Å². The number of carbonyl (C=O) groups is 1. The molecule has 0 saturated heterocycles. The number of amides is 1. The van der Waals surface area contributed by atoms with Crippen LogP contribution in [-0.4, -0.2) is 15.0 Å². The van der Waals surface area contributed by atoms with Gasteiger partial charge in [0.05, 0.1) is 30.3 Å². The Kier molecular flexibility index (Phi) is 5.37. The molecular formula is C20H16ClN3O4S. The number of rotatable bonds is 6. The zero-order chi connectivity index (χ0) is 20.4. The van der Waals surface area contributed by atoms with Crippen molar-refractivity contribution in [3.05, 3.63) is 90.6 Å². The van der Waals surface area contributed by atoms with Crippen molar-refractivity contribution in [1.82, 2.24) is 14.5 Å². The molecule has 3 aromatic heterocycles. The second kappa shape index (κ2) is 8.10. The number of halogens is 1. The first-order valence-electron chi connectivity index (χ1n) is 8.77. The van der Waals surface area contributed by atoms with Crippen molar-refractivity contribution in [2.75, 3.05) is 0 Å². The molecule has 0 fully saturated rings. The predicted molar refractivity (Wildman–Crippen MR) is 111 cm³/mol. The summed E-state index contributed by atoms with van der Waals surface area (Å²) in [5.41, 5.74) is -0.625. The Morgan fingerprint density at radius 2 is 2.00 bits per heavy atom. The van der Waals surface area contributed by atoms with Gasteiger partial charge in [0, 0.05) is 9.90 Å². The molecule has 0 spiro atoms. The zero-order valence-corrected chi connectivity index (χ0v) is 16.7. The molecule has 0 aliphatic carbocycles. The van der Waals surface area contributed by atoms with Gasteiger partial charge in [-0.25, -0.2) is 4.79 Å². The van der Waals surface area contributed by atoms with E-state index in [0.717, 1.165) is 9.44 Å². The number of furan rings is 1. The van der Waals surface area contributed by atoms with E-state index in [-0.39, 0.29) is 30.9 Å². The maximum absolute atomic E-state index is 13.1. The lowest BCUT2D eigenvalue weighted by atomic mass is 10.2. The molecule has 29 heavy (non-hydrogen) atoms. The van der Waals surface area contributed by atoms with Gasteiger partial charge in [0.1, 0.15) is 12.3 Å². The summed E-state index contributed by atoms with van der Waals surface area (Å²) in [5, 5.41) is 5.25. The molecule has 4 rings (SSSR count). The molecule has 0 saturated carbocycles. The van der Waals surface area contributed by atoms with Crippen molar-refractivity contribution in [2.45, 2.75) is 19.6 Å². The van der Waals surface area contributed by atoms with E-state index in [1.807, 2.05) is 17.5 Å². The van der Waals surface area contributed by atoms with Crippen molar-refractivity contribution in [2.24, 2.45) is 0 Å². The largest absolute Gasteiger partial charge is 0.467 e. The number of hydrogen-bond donors (Lipinski definition) is 1. The molecular weight excluding hydrogens is 414 g/mol. The van der Waals surface area contributed by atoms with Gasteiger partial charge in [0.15, 0.2) is 0 Å². The van der Waals surface area contributed by atoms with Crippen LogP contribution in [0.2, 0.25) is 5.02 Å². The Morgan fingerprint density at radius 1 is 1.14 bits per heavy atom. The summed E-state index contributed by atoms with van der Waals surface area (Å²) < 4.78 is 7.61. The average molecular weight is 430 g/mol. The number of nitrogens with one attached hydrogen (secondary N) is 1. The summed E-state index contributed by atoms with van der Waals surface area (Å²) in [6.45, 7) is 0.105. The fraction of sp³-hybridized carbons (Fsp3) is 0.150. The number of aromatic nitrogens is 2. The molecule has 3 heterocycles. The van der Waals surface area contributed by atoms with Crippen LogP contribution >= 0.6 is 22.9 Å². The minimum atomic E-state index is -0.550. The van der Waals surface area contributed by atoms with Crippen LogP contribution in [-0.2, 0) is 24.4 Å². The van der Waals surface area contributed by atoms with E-state index in [2.05, 4.69) is 5.32 Å². The van der Waals surface area contributed by atoms with Crippen molar-refractivity contribution in [3.8, 4) is 0 Å². The highest BCUT2D eigenvalue weighted by Crippen LogP contribution is 2.16. The van der Waals surface area contributed by atoms with Gasteiger partial charge in [0.2, 0.25) is 5.91 Å². The van der Waals surface area contributed by atoms with Gasteiger partial charge in [-0.1, -0.05) is 17.7 Å². The molecule has 1 aromatic carbocycles. The molecule has 0 aliphatic rings. The molecule has 4 aromatic rings. The lowest BCUT2D eigenvalue weighted by Gasteiger charge is -2.14. The van der Waals surface area contributed by atoms with Crippen LogP contribution in [0.25, 0.3) is 10.9 Å². The van der Waals surface area contributed by atoms with E-state index in [0.29, 0.717) is 16.3 Å². The Labute approximate surface area is 173 Å². The van der Waals surface area contributed by atoms with E-state index < -0.39 is 11.2 Å². The van der Waals surface area contributed by atoms with Gasteiger partial charge in [-0.3, -0.25) is 18.7 Å². The normalized spacial score (nSPS) is 11.1. The first-order chi connectivity index (χ1) is 14.0. The van der Waals surface area contributed by atoms with Gasteiger partial charge in [0.25, 0.3) is 5.56 Å². The Morgan fingerprint density at radius 3 is 2.72 bits per heavy atom. The van der Waals surface area contributed by atoms with Crippen LogP contribution in [0.5, 0.6) is 0 Å². The fourth-order valence-electron chi connectivity index (χ4n) is 3.04. The molecule has 0 unspecified atom stereocenters. The summed E-state index contributed by atoms with van der Waals surface area (Å²) >= 11 is 7.51. The minimum Gasteiger partial charge on any atom is -0.467 e. The number of nitrogens with zero attached hydrogens (tertiary/aromatic N) is 2. The molecule has 0 aliphatic heterocycles. The van der Waals surface area contributed by atoms with Crippen molar-refractivity contribution in [3.63, 3.8) is 0 Å². The highest BCUT2D eigenvalue weighted by Gasteiger charge is 2.16. The molecule has 0 radical (unpaired) electrons. The number of hydrogen-bond acceptors (Lipinski definition) is 5. The molecule has 1 amide bonds. The quantitative estimate of drug-likeness (QED) is 0.510. The lowest BCUT2D eigenvalue weighted by Crippen LogP contribution is -2.42. The first-order valence-corrected chi connectivity index (χ1v) is 10.0. The molecule has 7 nitrogen and oxygen atoms in total. The predicted octanol–water partition coefficient (Wildman–Crippen LogP) is 2.84. The van der Waals surface area contributed by atoms with Crippen LogP contribution in [0.1, 0.15) is 10.6 Å². The minimum absolute atomic E-state index is 0.131. The van der Waals surface area contributed by atoms with Crippen LogP contribution in [0.3, 0.4) is 0 Å². The summed E-state index contributed by atoms with van der Waals surface area (Å²) in [6, 6.07) is 11.8. The van der Waals surface area contributed by atoms with E-state index in [1.54, 1.807) is 24.3 Å². The second-order valence-electron chi connectivity index (χ2n) is 6.36. The Hall–Kier alpha value is -3.10. The second-order valence-corrected chi connectivity index (χ2v) is 7.83. The summed E-state index contributed by atoms with van der Waals surface area (Å²) in [7, 11) is 0. The monoisotopic (exact) mass is 429 g/mol. The third kappa shape index (κ3) is 4.03. The van der Waals surface area contributed by atoms with Crippen molar-refractivity contribution < 1.29 is 9.21 Å². The molecule has 148 valence electrons. The summed E-state index contributed by atoms with van der Waals surface area (Å²) in [6.07, 6.45) is 1.52. The highest BCUT2D eigenvalue weighted by atomic mass is 35.5. The average Bonchev–Trinajstić information content (AvgIpc) is 3.41. The van der Waals surface area contributed by atoms with Crippen molar-refractivity contribution in [1.29, 1.82) is 0 Å². The van der Waals surface area contributed by atoms with E-state index in [9.17, 15) is 14.4 Å². The van der Waals surface area contributed by atoms with Crippen LogP contribution in [0.4, 0.5) is 0 Å². The number of fused-ring (bicyclic) bond motifs is 1. The highest BCUT2D eigenvalue weighted by molar-refractivity contribution is 7.09. The van der Waals surface area contributed by atoms with E-state index >= 15 is 0 Å². The fourth-order valence-corrected chi connectivity index (χ4v) is 3.91. The van der Waals surface area contributed by atoms with Crippen LogP contribution in [0.15, 0.2) is 68.1 Å². The Balaban J connectivity index is 1.74. The third-order valence-electron chi connectivity index (χ3n) is 4.42. The van der Waals surface area contributed by atoms with Gasteiger partial charge in [-0.2, -0.15) is 0 Å². The topological polar surface area (TPSA) is 86.2 Å².